The van der Waals surface area contributed by atoms with Crippen LogP contribution in [0.3, 0.4) is 0 Å². The number of carboxylic acid groups (broad SMARTS) is 1. The van der Waals surface area contributed by atoms with E-state index in [1.165, 1.54) is 11.3 Å². The molecule has 0 aliphatic heterocycles. The second-order valence-corrected chi connectivity index (χ2v) is 6.99. The summed E-state index contributed by atoms with van der Waals surface area (Å²) < 4.78 is 0. The molecule has 0 fully saturated rings. The van der Waals surface area contributed by atoms with Gasteiger partial charge >= 0.3 is 5.97 Å². The summed E-state index contributed by atoms with van der Waals surface area (Å²) in [4.78, 5) is 16.0. The van der Waals surface area contributed by atoms with Gasteiger partial charge in [0.15, 0.2) is 0 Å². The monoisotopic (exact) mass is 389 g/mol. The summed E-state index contributed by atoms with van der Waals surface area (Å²) in [6, 6.07) is 14.3. The number of nitrogens with zero attached hydrogens (tertiary/aromatic N) is 1. The number of carbonyl (C=O) groups is 1. The first-order valence-corrected chi connectivity index (χ1v) is 9.05. The van der Waals surface area contributed by atoms with Gasteiger partial charge in [0.2, 0.25) is 0 Å². The van der Waals surface area contributed by atoms with Crippen molar-refractivity contribution in [2.75, 3.05) is 0 Å². The van der Waals surface area contributed by atoms with E-state index in [4.69, 9.17) is 23.2 Å². The maximum absolute atomic E-state index is 11.5. The second kappa shape index (κ2) is 7.83. The summed E-state index contributed by atoms with van der Waals surface area (Å²) >= 11 is 13.6. The van der Waals surface area contributed by atoms with Gasteiger partial charge in [-0.3, -0.25) is 4.79 Å². The quantitative estimate of drug-likeness (QED) is 0.581. The average molecular weight is 390 g/mol. The predicted octanol–water partition coefficient (Wildman–Crippen LogP) is 6.00. The summed E-state index contributed by atoms with van der Waals surface area (Å²) in [5, 5.41) is 13.2. The van der Waals surface area contributed by atoms with E-state index < -0.39 is 11.9 Å². The van der Waals surface area contributed by atoms with Crippen LogP contribution in [-0.2, 0) is 4.79 Å². The maximum atomic E-state index is 11.5. The van der Waals surface area contributed by atoms with Gasteiger partial charge in [0, 0.05) is 16.0 Å². The van der Waals surface area contributed by atoms with Gasteiger partial charge < -0.3 is 5.11 Å². The normalized spacial score (nSPS) is 12.4. The van der Waals surface area contributed by atoms with Crippen molar-refractivity contribution in [3.8, 4) is 10.6 Å². The Labute approximate surface area is 159 Å². The van der Waals surface area contributed by atoms with E-state index in [1.807, 2.05) is 29.6 Å². The lowest BCUT2D eigenvalue weighted by molar-refractivity contribution is -0.137. The van der Waals surface area contributed by atoms with Gasteiger partial charge in [-0.1, -0.05) is 59.6 Å². The van der Waals surface area contributed by atoms with Crippen LogP contribution in [-0.4, -0.2) is 16.1 Å². The van der Waals surface area contributed by atoms with Crippen LogP contribution in [0, 0.1) is 0 Å². The summed E-state index contributed by atoms with van der Waals surface area (Å²) in [6.45, 7) is 0. The van der Waals surface area contributed by atoms with E-state index in [1.54, 1.807) is 36.4 Å². The third-order valence-electron chi connectivity index (χ3n) is 3.57. The largest absolute Gasteiger partial charge is 0.481 e. The molecule has 6 heteroatoms. The molecule has 3 nitrogen and oxygen atoms in total. The summed E-state index contributed by atoms with van der Waals surface area (Å²) in [5.41, 5.74) is 2.21. The van der Waals surface area contributed by atoms with Gasteiger partial charge in [-0.05, 0) is 29.8 Å². The van der Waals surface area contributed by atoms with E-state index >= 15 is 0 Å². The van der Waals surface area contributed by atoms with Gasteiger partial charge in [0.25, 0.3) is 0 Å². The number of hydrogen-bond donors (Lipinski definition) is 1. The minimum Gasteiger partial charge on any atom is -0.481 e. The molecule has 0 aliphatic carbocycles. The Balaban J connectivity index is 1.84. The molecule has 0 amide bonds. The molecular formula is C19H13Cl2NO2S. The van der Waals surface area contributed by atoms with Gasteiger partial charge in [-0.15, -0.1) is 11.3 Å². The van der Waals surface area contributed by atoms with Crippen LogP contribution in [0.1, 0.15) is 17.2 Å². The van der Waals surface area contributed by atoms with Crippen molar-refractivity contribution in [1.82, 2.24) is 4.98 Å². The van der Waals surface area contributed by atoms with Crippen molar-refractivity contribution in [1.29, 1.82) is 0 Å². The van der Waals surface area contributed by atoms with Crippen molar-refractivity contribution in [2.24, 2.45) is 0 Å². The molecule has 0 spiro atoms. The maximum Gasteiger partial charge on any atom is 0.314 e. The van der Waals surface area contributed by atoms with Gasteiger partial charge in [-0.25, -0.2) is 4.98 Å². The smallest absolute Gasteiger partial charge is 0.314 e. The van der Waals surface area contributed by atoms with Crippen LogP contribution in [0.15, 0.2) is 60.0 Å². The van der Waals surface area contributed by atoms with E-state index in [0.29, 0.717) is 15.7 Å². The van der Waals surface area contributed by atoms with E-state index in [9.17, 15) is 9.90 Å². The minimum atomic E-state index is -0.904. The molecule has 0 aliphatic rings. The number of thiazole rings is 1. The lowest BCUT2D eigenvalue weighted by atomic mass is 9.99. The van der Waals surface area contributed by atoms with Crippen LogP contribution >= 0.6 is 34.5 Å². The Hall–Kier alpha value is -2.14. The number of carboxylic acids is 1. The second-order valence-electron chi connectivity index (χ2n) is 5.29. The number of hydrogen-bond acceptors (Lipinski definition) is 3. The first-order chi connectivity index (χ1) is 12.0. The standard InChI is InChI=1S/C19H13Cl2NO2S/c20-13-6-8-16(17(21)10-13)18-22-14(11-25-18)7-9-15(19(23)24)12-4-2-1-3-5-12/h1-11,15H,(H,23,24). The molecule has 0 saturated carbocycles. The van der Waals surface area contributed by atoms with Crippen LogP contribution in [0.4, 0.5) is 0 Å². The first-order valence-electron chi connectivity index (χ1n) is 7.41. The van der Waals surface area contributed by atoms with Gasteiger partial charge in [0.1, 0.15) is 10.9 Å². The molecule has 0 saturated heterocycles. The SMILES string of the molecule is O=C(O)C(C=Cc1csc(-c2ccc(Cl)cc2Cl)n1)c1ccccc1. The van der Waals surface area contributed by atoms with Crippen LogP contribution < -0.4 is 0 Å². The highest BCUT2D eigenvalue weighted by Gasteiger charge is 2.16. The molecule has 3 rings (SSSR count). The van der Waals surface area contributed by atoms with Crippen molar-refractivity contribution >= 4 is 46.6 Å². The number of aromatic nitrogens is 1. The number of halogens is 2. The molecule has 1 atom stereocenters. The number of aliphatic carboxylic acids is 1. The zero-order chi connectivity index (χ0) is 17.8. The fraction of sp³-hybridized carbons (Fsp3) is 0.0526. The molecule has 2 aromatic carbocycles. The molecule has 1 unspecified atom stereocenters. The zero-order valence-electron chi connectivity index (χ0n) is 12.9. The van der Waals surface area contributed by atoms with Crippen molar-refractivity contribution in [3.05, 3.63) is 81.3 Å². The Morgan fingerprint density at radius 1 is 1.16 bits per heavy atom. The minimum absolute atomic E-state index is 0.532. The molecule has 0 bridgehead atoms. The molecule has 1 N–H and O–H groups in total. The lowest BCUT2D eigenvalue weighted by Crippen LogP contribution is -2.08. The Morgan fingerprint density at radius 2 is 1.92 bits per heavy atom. The third kappa shape index (κ3) is 4.28. The highest BCUT2D eigenvalue weighted by Crippen LogP contribution is 2.32. The zero-order valence-corrected chi connectivity index (χ0v) is 15.2. The Kier molecular flexibility index (Phi) is 5.53. The summed E-state index contributed by atoms with van der Waals surface area (Å²) in [5.74, 6) is -1.62. The number of rotatable bonds is 5. The molecule has 25 heavy (non-hydrogen) atoms. The van der Waals surface area contributed by atoms with Crippen LogP contribution in [0.5, 0.6) is 0 Å². The molecule has 1 heterocycles. The highest BCUT2D eigenvalue weighted by molar-refractivity contribution is 7.13. The van der Waals surface area contributed by atoms with Crippen molar-refractivity contribution in [2.45, 2.75) is 5.92 Å². The van der Waals surface area contributed by atoms with Crippen LogP contribution in [0.25, 0.3) is 16.6 Å². The fourth-order valence-electron chi connectivity index (χ4n) is 2.34. The first kappa shape index (κ1) is 17.7. The van der Waals surface area contributed by atoms with Gasteiger partial charge in [0.05, 0.1) is 10.7 Å². The molecule has 126 valence electrons. The Morgan fingerprint density at radius 3 is 2.60 bits per heavy atom. The van der Waals surface area contributed by atoms with Gasteiger partial charge in [-0.2, -0.15) is 0 Å². The van der Waals surface area contributed by atoms with Crippen molar-refractivity contribution in [3.63, 3.8) is 0 Å². The predicted molar refractivity (Wildman–Crippen MR) is 103 cm³/mol. The molecular weight excluding hydrogens is 377 g/mol. The van der Waals surface area contributed by atoms with Crippen molar-refractivity contribution < 1.29 is 9.90 Å². The highest BCUT2D eigenvalue weighted by atomic mass is 35.5. The van der Waals surface area contributed by atoms with E-state index in [2.05, 4.69) is 4.98 Å². The number of benzene rings is 2. The van der Waals surface area contributed by atoms with E-state index in [-0.39, 0.29) is 0 Å². The van der Waals surface area contributed by atoms with Crippen LogP contribution in [0.2, 0.25) is 10.0 Å². The summed E-state index contributed by atoms with van der Waals surface area (Å²) in [7, 11) is 0. The third-order valence-corrected chi connectivity index (χ3v) is 5.01. The molecule has 3 aromatic rings. The lowest BCUT2D eigenvalue weighted by Gasteiger charge is -2.07. The average Bonchev–Trinajstić information content (AvgIpc) is 3.04. The molecule has 1 aromatic heterocycles. The molecule has 0 radical (unpaired) electrons. The van der Waals surface area contributed by atoms with E-state index in [0.717, 1.165) is 16.1 Å². The Bertz CT molecular complexity index is 922. The topological polar surface area (TPSA) is 50.2 Å². The summed E-state index contributed by atoms with van der Waals surface area (Å²) in [6.07, 6.45) is 3.36. The fourth-order valence-corrected chi connectivity index (χ4v) is 3.72.